The van der Waals surface area contributed by atoms with Crippen molar-refractivity contribution in [1.29, 1.82) is 0 Å². The lowest BCUT2D eigenvalue weighted by atomic mass is 10.3. The van der Waals surface area contributed by atoms with Crippen LogP contribution in [0.4, 0.5) is 11.8 Å². The van der Waals surface area contributed by atoms with Crippen LogP contribution in [0, 0.1) is 0 Å². The van der Waals surface area contributed by atoms with Gasteiger partial charge in [0.1, 0.15) is 10.5 Å². The molecule has 4 N–H and O–H groups in total. The molecule has 0 aliphatic heterocycles. The van der Waals surface area contributed by atoms with E-state index in [1.807, 2.05) is 12.1 Å². The van der Waals surface area contributed by atoms with E-state index in [-0.39, 0.29) is 11.8 Å². The zero-order chi connectivity index (χ0) is 15.0. The molecule has 3 rings (SSSR count). The molecular weight excluding hydrogens is 329 g/mol. The molecule has 2 aromatic heterocycles. The third-order valence-corrected chi connectivity index (χ3v) is 4.34. The Hall–Kier alpha value is -1.76. The summed E-state index contributed by atoms with van der Waals surface area (Å²) >= 11 is 13.3. The van der Waals surface area contributed by atoms with Crippen LogP contribution in [-0.4, -0.2) is 15.0 Å². The normalized spacial score (nSPS) is 11.0. The molecule has 0 amide bonds. The molecule has 0 fully saturated rings. The molecule has 21 heavy (non-hydrogen) atoms. The fourth-order valence-corrected chi connectivity index (χ4v) is 2.95. The molecule has 0 aliphatic rings. The largest absolute Gasteiger partial charge is 0.382 e. The molecule has 3 aromatic rings. The summed E-state index contributed by atoms with van der Waals surface area (Å²) in [4.78, 5) is 13.4. The molecule has 0 saturated heterocycles. The standard InChI is InChI=1S/C13H9Cl2N5S/c14-7-2-1-6(5-8(7)15)21-10-4-3-9-11(19-10)12(16)20-13(17)18-9/h1-5H,(H4,16,17,18,20). The molecule has 0 saturated carbocycles. The summed E-state index contributed by atoms with van der Waals surface area (Å²) in [6, 6.07) is 9.03. The summed E-state index contributed by atoms with van der Waals surface area (Å²) in [5.74, 6) is 0.390. The van der Waals surface area contributed by atoms with Gasteiger partial charge in [-0.1, -0.05) is 35.0 Å². The highest BCUT2D eigenvalue weighted by molar-refractivity contribution is 7.99. The van der Waals surface area contributed by atoms with E-state index in [1.165, 1.54) is 11.8 Å². The summed E-state index contributed by atoms with van der Waals surface area (Å²) < 4.78 is 0. The summed E-state index contributed by atoms with van der Waals surface area (Å²) in [7, 11) is 0. The minimum atomic E-state index is 0.131. The van der Waals surface area contributed by atoms with Crippen LogP contribution in [0.15, 0.2) is 40.3 Å². The van der Waals surface area contributed by atoms with Gasteiger partial charge in [-0.2, -0.15) is 4.98 Å². The summed E-state index contributed by atoms with van der Waals surface area (Å²) in [6.45, 7) is 0. The zero-order valence-electron chi connectivity index (χ0n) is 10.5. The van der Waals surface area contributed by atoms with E-state index < -0.39 is 0 Å². The lowest BCUT2D eigenvalue weighted by Crippen LogP contribution is -2.01. The van der Waals surface area contributed by atoms with Crippen molar-refractivity contribution < 1.29 is 0 Å². The Morgan fingerprint density at radius 1 is 0.905 bits per heavy atom. The topological polar surface area (TPSA) is 90.7 Å². The van der Waals surface area contributed by atoms with Gasteiger partial charge in [-0.25, -0.2) is 9.97 Å². The molecule has 0 bridgehead atoms. The van der Waals surface area contributed by atoms with Gasteiger partial charge in [0.15, 0.2) is 5.82 Å². The number of hydrogen-bond donors (Lipinski definition) is 2. The van der Waals surface area contributed by atoms with Gasteiger partial charge in [-0.3, -0.25) is 0 Å². The van der Waals surface area contributed by atoms with Crippen molar-refractivity contribution in [3.05, 3.63) is 40.4 Å². The summed E-state index contributed by atoms with van der Waals surface area (Å²) in [5, 5.41) is 1.76. The van der Waals surface area contributed by atoms with Crippen LogP contribution >= 0.6 is 35.0 Å². The maximum Gasteiger partial charge on any atom is 0.222 e. The van der Waals surface area contributed by atoms with Crippen molar-refractivity contribution in [3.63, 3.8) is 0 Å². The molecule has 0 radical (unpaired) electrons. The second kappa shape index (κ2) is 5.55. The summed E-state index contributed by atoms with van der Waals surface area (Å²) in [5.41, 5.74) is 12.5. The zero-order valence-corrected chi connectivity index (χ0v) is 12.9. The Labute approximate surface area is 134 Å². The fraction of sp³-hybridized carbons (Fsp3) is 0. The molecule has 5 nitrogen and oxygen atoms in total. The first-order valence-corrected chi connectivity index (χ1v) is 7.43. The van der Waals surface area contributed by atoms with E-state index in [9.17, 15) is 0 Å². The van der Waals surface area contributed by atoms with Gasteiger partial charge in [0.05, 0.1) is 15.6 Å². The number of pyridine rings is 1. The van der Waals surface area contributed by atoms with Gasteiger partial charge in [0, 0.05) is 4.90 Å². The van der Waals surface area contributed by atoms with Crippen molar-refractivity contribution in [3.8, 4) is 0 Å². The van der Waals surface area contributed by atoms with Gasteiger partial charge in [0.2, 0.25) is 5.95 Å². The molecule has 0 aliphatic carbocycles. The Morgan fingerprint density at radius 3 is 2.48 bits per heavy atom. The Balaban J connectivity index is 1.99. The van der Waals surface area contributed by atoms with Crippen LogP contribution in [0.1, 0.15) is 0 Å². The molecule has 0 unspecified atom stereocenters. The SMILES string of the molecule is Nc1nc(N)c2nc(Sc3ccc(Cl)c(Cl)c3)ccc2n1. The van der Waals surface area contributed by atoms with Crippen LogP contribution < -0.4 is 11.5 Å². The van der Waals surface area contributed by atoms with Crippen molar-refractivity contribution in [2.45, 2.75) is 9.92 Å². The molecular formula is C13H9Cl2N5S. The van der Waals surface area contributed by atoms with Gasteiger partial charge in [0.25, 0.3) is 0 Å². The Morgan fingerprint density at radius 2 is 1.71 bits per heavy atom. The van der Waals surface area contributed by atoms with E-state index in [2.05, 4.69) is 15.0 Å². The highest BCUT2D eigenvalue weighted by atomic mass is 35.5. The molecule has 106 valence electrons. The smallest absolute Gasteiger partial charge is 0.222 e. The maximum absolute atomic E-state index is 6.00. The van der Waals surface area contributed by atoms with Crippen molar-refractivity contribution in [2.75, 3.05) is 11.5 Å². The second-order valence-electron chi connectivity index (χ2n) is 4.16. The van der Waals surface area contributed by atoms with Crippen molar-refractivity contribution in [1.82, 2.24) is 15.0 Å². The Kier molecular flexibility index (Phi) is 3.75. The molecule has 8 heteroatoms. The fourth-order valence-electron chi connectivity index (χ4n) is 1.76. The monoisotopic (exact) mass is 337 g/mol. The van der Waals surface area contributed by atoms with E-state index in [4.69, 9.17) is 34.7 Å². The van der Waals surface area contributed by atoms with Crippen LogP contribution in [0.3, 0.4) is 0 Å². The van der Waals surface area contributed by atoms with Crippen LogP contribution in [0.5, 0.6) is 0 Å². The molecule has 0 atom stereocenters. The number of nitrogen functional groups attached to an aromatic ring is 2. The Bertz CT molecular complexity index is 840. The number of halogens is 2. The maximum atomic E-state index is 6.00. The van der Waals surface area contributed by atoms with Gasteiger partial charge < -0.3 is 11.5 Å². The van der Waals surface area contributed by atoms with E-state index in [0.717, 1.165) is 9.92 Å². The number of anilines is 2. The molecule has 1 aromatic carbocycles. The van der Waals surface area contributed by atoms with E-state index >= 15 is 0 Å². The predicted octanol–water partition coefficient (Wildman–Crippen LogP) is 3.65. The average molecular weight is 338 g/mol. The van der Waals surface area contributed by atoms with Crippen LogP contribution in [0.25, 0.3) is 11.0 Å². The third-order valence-electron chi connectivity index (χ3n) is 2.67. The van der Waals surface area contributed by atoms with Crippen LogP contribution in [0.2, 0.25) is 10.0 Å². The minimum absolute atomic E-state index is 0.131. The van der Waals surface area contributed by atoms with Gasteiger partial charge in [-0.05, 0) is 30.3 Å². The first-order chi connectivity index (χ1) is 10.0. The van der Waals surface area contributed by atoms with Crippen molar-refractivity contribution in [2.24, 2.45) is 0 Å². The van der Waals surface area contributed by atoms with E-state index in [1.54, 1.807) is 18.2 Å². The number of hydrogen-bond acceptors (Lipinski definition) is 6. The predicted molar refractivity (Wildman–Crippen MR) is 86.7 cm³/mol. The van der Waals surface area contributed by atoms with Crippen LogP contribution in [-0.2, 0) is 0 Å². The average Bonchev–Trinajstić information content (AvgIpc) is 2.43. The number of benzene rings is 1. The van der Waals surface area contributed by atoms with Gasteiger partial charge in [-0.15, -0.1) is 0 Å². The highest BCUT2D eigenvalue weighted by Gasteiger charge is 2.08. The quantitative estimate of drug-likeness (QED) is 0.741. The lowest BCUT2D eigenvalue weighted by Gasteiger charge is -2.05. The molecule has 2 heterocycles. The number of nitrogens with two attached hydrogens (primary N) is 2. The van der Waals surface area contributed by atoms with Crippen molar-refractivity contribution >= 4 is 57.8 Å². The number of rotatable bonds is 2. The van der Waals surface area contributed by atoms with E-state index in [0.29, 0.717) is 21.1 Å². The summed E-state index contributed by atoms with van der Waals surface area (Å²) in [6.07, 6.45) is 0. The first-order valence-electron chi connectivity index (χ1n) is 5.85. The first kappa shape index (κ1) is 14.2. The second-order valence-corrected chi connectivity index (χ2v) is 6.07. The highest BCUT2D eigenvalue weighted by Crippen LogP contribution is 2.32. The number of nitrogens with zero attached hydrogens (tertiary/aromatic N) is 3. The number of aromatic nitrogens is 3. The number of fused-ring (bicyclic) bond motifs is 1. The lowest BCUT2D eigenvalue weighted by molar-refractivity contribution is 1.14. The molecule has 0 spiro atoms. The van der Waals surface area contributed by atoms with Gasteiger partial charge >= 0.3 is 0 Å². The third kappa shape index (κ3) is 2.97. The minimum Gasteiger partial charge on any atom is -0.382 e.